The van der Waals surface area contributed by atoms with Crippen molar-refractivity contribution in [2.45, 2.75) is 0 Å². The van der Waals surface area contributed by atoms with Crippen LogP contribution in [0, 0.1) is 17.5 Å². The molecule has 0 spiro atoms. The lowest BCUT2D eigenvalue weighted by atomic mass is 10.3. The molecular formula is C11H7F3N2OS. The summed E-state index contributed by atoms with van der Waals surface area (Å²) >= 11 is 1.27. The summed E-state index contributed by atoms with van der Waals surface area (Å²) in [5, 5.41) is 6.80. The average molecular weight is 272 g/mol. The van der Waals surface area contributed by atoms with E-state index in [1.807, 2.05) is 0 Å². The van der Waals surface area contributed by atoms with Gasteiger partial charge in [-0.3, -0.25) is 5.32 Å². The largest absolute Gasteiger partial charge is 0.324 e. The van der Waals surface area contributed by atoms with Gasteiger partial charge in [0.1, 0.15) is 0 Å². The Morgan fingerprint density at radius 3 is 2.50 bits per heavy atom. The topological polar surface area (TPSA) is 41.1 Å². The van der Waals surface area contributed by atoms with Gasteiger partial charge in [0, 0.05) is 0 Å². The van der Waals surface area contributed by atoms with Crippen LogP contribution < -0.4 is 10.6 Å². The lowest BCUT2D eigenvalue weighted by molar-refractivity contribution is 0.262. The molecule has 0 unspecified atom stereocenters. The number of hydrogen-bond acceptors (Lipinski definition) is 2. The highest BCUT2D eigenvalue weighted by molar-refractivity contribution is 7.14. The van der Waals surface area contributed by atoms with Crippen LogP contribution in [-0.4, -0.2) is 6.03 Å². The molecule has 1 aromatic heterocycles. The number of amides is 2. The Labute approximate surface area is 104 Å². The molecule has 0 aliphatic heterocycles. The van der Waals surface area contributed by atoms with Gasteiger partial charge in [-0.15, -0.1) is 11.3 Å². The molecule has 0 atom stereocenters. The molecule has 0 fully saturated rings. The molecule has 0 aliphatic carbocycles. The fourth-order valence-electron chi connectivity index (χ4n) is 1.24. The first-order valence-electron chi connectivity index (χ1n) is 4.83. The van der Waals surface area contributed by atoms with Crippen LogP contribution in [0.3, 0.4) is 0 Å². The van der Waals surface area contributed by atoms with Gasteiger partial charge in [0.05, 0.1) is 10.7 Å². The molecule has 0 aliphatic rings. The second-order valence-corrected chi connectivity index (χ2v) is 4.23. The Kier molecular flexibility index (Phi) is 3.52. The van der Waals surface area contributed by atoms with Crippen molar-refractivity contribution in [3.05, 3.63) is 47.1 Å². The molecule has 0 saturated heterocycles. The maximum Gasteiger partial charge on any atom is 0.324 e. The van der Waals surface area contributed by atoms with Crippen molar-refractivity contribution in [2.75, 3.05) is 10.6 Å². The second-order valence-electron chi connectivity index (χ2n) is 3.28. The molecule has 94 valence electrons. The third-order valence-corrected chi connectivity index (χ3v) is 2.83. The molecule has 2 aromatic rings. The van der Waals surface area contributed by atoms with Crippen molar-refractivity contribution in [1.82, 2.24) is 0 Å². The van der Waals surface area contributed by atoms with E-state index in [1.54, 1.807) is 17.5 Å². The lowest BCUT2D eigenvalue weighted by Gasteiger charge is -2.07. The number of rotatable bonds is 2. The van der Waals surface area contributed by atoms with Crippen molar-refractivity contribution < 1.29 is 18.0 Å². The smallest absolute Gasteiger partial charge is 0.305 e. The minimum Gasteiger partial charge on any atom is -0.305 e. The number of halogens is 3. The van der Waals surface area contributed by atoms with E-state index >= 15 is 0 Å². The van der Waals surface area contributed by atoms with Gasteiger partial charge >= 0.3 is 6.03 Å². The van der Waals surface area contributed by atoms with E-state index < -0.39 is 29.2 Å². The molecule has 0 bridgehead atoms. The van der Waals surface area contributed by atoms with Crippen molar-refractivity contribution in [1.29, 1.82) is 0 Å². The van der Waals surface area contributed by atoms with E-state index in [9.17, 15) is 18.0 Å². The van der Waals surface area contributed by atoms with Crippen molar-refractivity contribution in [2.24, 2.45) is 0 Å². The number of anilines is 2. The highest BCUT2D eigenvalue weighted by atomic mass is 32.1. The number of nitrogens with one attached hydrogen (secondary N) is 2. The first kappa shape index (κ1) is 12.4. The van der Waals surface area contributed by atoms with Crippen LogP contribution in [-0.2, 0) is 0 Å². The summed E-state index contributed by atoms with van der Waals surface area (Å²) in [6.45, 7) is 0. The van der Waals surface area contributed by atoms with Crippen molar-refractivity contribution >= 4 is 28.1 Å². The van der Waals surface area contributed by atoms with Gasteiger partial charge in [0.25, 0.3) is 0 Å². The Balaban J connectivity index is 2.10. The quantitative estimate of drug-likeness (QED) is 0.802. The third kappa shape index (κ3) is 2.62. The molecule has 2 N–H and O–H groups in total. The van der Waals surface area contributed by atoms with Crippen LogP contribution in [0.4, 0.5) is 28.7 Å². The van der Waals surface area contributed by atoms with Crippen LogP contribution >= 0.6 is 11.3 Å². The molecule has 18 heavy (non-hydrogen) atoms. The predicted octanol–water partition coefficient (Wildman–Crippen LogP) is 3.81. The Morgan fingerprint density at radius 1 is 1.06 bits per heavy atom. The number of carbonyl (C=O) groups excluding carboxylic acids is 1. The fourth-order valence-corrected chi connectivity index (χ4v) is 1.85. The van der Waals surface area contributed by atoms with Crippen LogP contribution in [0.15, 0.2) is 29.6 Å². The standard InChI is InChI=1S/C11H7F3N2OS/c12-6-3-4-7(10(14)9(6)13)15-11(17)16-8-2-1-5-18-8/h1-5H,(H2,15,16,17). The number of urea groups is 1. The zero-order valence-corrected chi connectivity index (χ0v) is 9.65. The SMILES string of the molecule is O=C(Nc1cccs1)Nc1ccc(F)c(F)c1F. The van der Waals surface area contributed by atoms with Gasteiger partial charge in [-0.25, -0.2) is 18.0 Å². The van der Waals surface area contributed by atoms with Crippen molar-refractivity contribution in [3.8, 4) is 0 Å². The lowest BCUT2D eigenvalue weighted by Crippen LogP contribution is -2.19. The van der Waals surface area contributed by atoms with E-state index in [2.05, 4.69) is 10.6 Å². The zero-order chi connectivity index (χ0) is 13.1. The Morgan fingerprint density at radius 2 is 1.83 bits per heavy atom. The maximum absolute atomic E-state index is 13.2. The molecule has 1 aromatic carbocycles. The molecule has 3 nitrogen and oxygen atoms in total. The minimum absolute atomic E-state index is 0.428. The van der Waals surface area contributed by atoms with E-state index in [0.29, 0.717) is 5.00 Å². The number of carbonyl (C=O) groups is 1. The van der Waals surface area contributed by atoms with Crippen LogP contribution in [0.2, 0.25) is 0 Å². The van der Waals surface area contributed by atoms with Crippen LogP contribution in [0.5, 0.6) is 0 Å². The Hall–Kier alpha value is -2.02. The minimum atomic E-state index is -1.62. The molecule has 0 radical (unpaired) electrons. The van der Waals surface area contributed by atoms with Gasteiger partial charge in [0.15, 0.2) is 17.5 Å². The number of thiophene rings is 1. The highest BCUT2D eigenvalue weighted by Crippen LogP contribution is 2.20. The van der Waals surface area contributed by atoms with Crippen LogP contribution in [0.25, 0.3) is 0 Å². The monoisotopic (exact) mass is 272 g/mol. The number of hydrogen-bond donors (Lipinski definition) is 2. The summed E-state index contributed by atoms with van der Waals surface area (Å²) in [7, 11) is 0. The van der Waals surface area contributed by atoms with Gasteiger partial charge in [-0.05, 0) is 29.6 Å². The highest BCUT2D eigenvalue weighted by Gasteiger charge is 2.15. The van der Waals surface area contributed by atoms with Gasteiger partial charge < -0.3 is 5.32 Å². The second kappa shape index (κ2) is 5.09. The molecule has 1 heterocycles. The summed E-state index contributed by atoms with van der Waals surface area (Å²) < 4.78 is 38.8. The molecule has 2 rings (SSSR count). The summed E-state index contributed by atoms with van der Waals surface area (Å²) in [6, 6.07) is 4.31. The molecule has 7 heteroatoms. The Bertz CT molecular complexity index is 572. The molecule has 2 amide bonds. The summed E-state index contributed by atoms with van der Waals surface area (Å²) in [6.07, 6.45) is 0. The predicted molar refractivity (Wildman–Crippen MR) is 63.3 cm³/mol. The van der Waals surface area contributed by atoms with E-state index in [0.717, 1.165) is 12.1 Å². The zero-order valence-electron chi connectivity index (χ0n) is 8.84. The van der Waals surface area contributed by atoms with E-state index in [1.165, 1.54) is 11.3 Å². The maximum atomic E-state index is 13.2. The van der Waals surface area contributed by atoms with E-state index in [-0.39, 0.29) is 0 Å². The normalized spacial score (nSPS) is 10.2. The van der Waals surface area contributed by atoms with Gasteiger partial charge in [-0.1, -0.05) is 0 Å². The van der Waals surface area contributed by atoms with Gasteiger partial charge in [0.2, 0.25) is 0 Å². The molecule has 0 saturated carbocycles. The first-order chi connectivity index (χ1) is 8.58. The summed E-state index contributed by atoms with van der Waals surface area (Å²) in [5.41, 5.74) is -0.428. The van der Waals surface area contributed by atoms with E-state index in [4.69, 9.17) is 0 Å². The summed E-state index contributed by atoms with van der Waals surface area (Å²) in [4.78, 5) is 11.4. The third-order valence-electron chi connectivity index (χ3n) is 2.04. The average Bonchev–Trinajstić information content (AvgIpc) is 2.83. The van der Waals surface area contributed by atoms with Crippen LogP contribution in [0.1, 0.15) is 0 Å². The summed E-state index contributed by atoms with van der Waals surface area (Å²) in [5.74, 6) is -4.36. The number of benzene rings is 1. The first-order valence-corrected chi connectivity index (χ1v) is 5.71. The molecular weight excluding hydrogens is 265 g/mol. The fraction of sp³-hybridized carbons (Fsp3) is 0. The van der Waals surface area contributed by atoms with Gasteiger partial charge in [-0.2, -0.15) is 0 Å². The van der Waals surface area contributed by atoms with Crippen molar-refractivity contribution in [3.63, 3.8) is 0 Å².